The minimum Gasteiger partial charge on any atom is -0.291 e. The SMILES string of the molecule is Cc1ccccc1-n1nnnc1C1(N2CCCC2)CCC(C)CC1. The average molecular weight is 325 g/mol. The lowest BCUT2D eigenvalue weighted by molar-refractivity contribution is 0.0455. The molecule has 1 aromatic heterocycles. The third-order valence-electron chi connectivity index (χ3n) is 6.04. The molecule has 1 aliphatic heterocycles. The van der Waals surface area contributed by atoms with Crippen molar-refractivity contribution < 1.29 is 0 Å². The first-order chi connectivity index (χ1) is 11.7. The molecule has 0 N–H and O–H groups in total. The van der Waals surface area contributed by atoms with E-state index in [0.717, 1.165) is 17.4 Å². The summed E-state index contributed by atoms with van der Waals surface area (Å²) in [5, 5.41) is 13.0. The van der Waals surface area contributed by atoms with Crippen LogP contribution in [0.3, 0.4) is 0 Å². The van der Waals surface area contributed by atoms with Crippen molar-refractivity contribution in [2.24, 2.45) is 5.92 Å². The number of nitrogens with zero attached hydrogens (tertiary/aromatic N) is 5. The summed E-state index contributed by atoms with van der Waals surface area (Å²) >= 11 is 0. The number of aryl methyl sites for hydroxylation is 1. The van der Waals surface area contributed by atoms with Crippen LogP contribution in [0.25, 0.3) is 5.69 Å². The predicted octanol–water partition coefficient (Wildman–Crippen LogP) is 3.47. The lowest BCUT2D eigenvalue weighted by atomic mass is 9.75. The third-order valence-corrected chi connectivity index (χ3v) is 6.04. The van der Waals surface area contributed by atoms with Crippen molar-refractivity contribution in [1.82, 2.24) is 25.1 Å². The first-order valence-corrected chi connectivity index (χ1v) is 9.31. The zero-order valence-electron chi connectivity index (χ0n) is 14.8. The number of para-hydroxylation sites is 1. The van der Waals surface area contributed by atoms with Crippen LogP contribution in [0.15, 0.2) is 24.3 Å². The van der Waals surface area contributed by atoms with Gasteiger partial charge in [0.15, 0.2) is 5.82 Å². The van der Waals surface area contributed by atoms with Crippen LogP contribution in [0.1, 0.15) is 56.8 Å². The highest BCUT2D eigenvalue weighted by Gasteiger charge is 2.46. The van der Waals surface area contributed by atoms with E-state index in [0.29, 0.717) is 0 Å². The summed E-state index contributed by atoms with van der Waals surface area (Å²) in [6.07, 6.45) is 7.45. The van der Waals surface area contributed by atoms with Gasteiger partial charge in [-0.3, -0.25) is 4.90 Å². The molecular formula is C19H27N5. The number of hydrogen-bond donors (Lipinski definition) is 0. The topological polar surface area (TPSA) is 46.8 Å². The monoisotopic (exact) mass is 325 g/mol. The van der Waals surface area contributed by atoms with Crippen LogP contribution < -0.4 is 0 Å². The predicted molar refractivity (Wildman–Crippen MR) is 94.0 cm³/mol. The fourth-order valence-electron chi connectivity index (χ4n) is 4.51. The zero-order valence-corrected chi connectivity index (χ0v) is 14.8. The molecular weight excluding hydrogens is 298 g/mol. The van der Waals surface area contributed by atoms with Gasteiger partial charge >= 0.3 is 0 Å². The number of benzene rings is 1. The molecule has 0 amide bonds. The molecule has 1 saturated carbocycles. The number of aromatic nitrogens is 4. The molecule has 2 fully saturated rings. The quantitative estimate of drug-likeness (QED) is 0.867. The van der Waals surface area contributed by atoms with E-state index in [1.54, 1.807) is 0 Å². The van der Waals surface area contributed by atoms with Crippen molar-refractivity contribution in [3.05, 3.63) is 35.7 Å². The largest absolute Gasteiger partial charge is 0.291 e. The van der Waals surface area contributed by atoms with E-state index < -0.39 is 0 Å². The molecule has 0 unspecified atom stereocenters. The highest BCUT2D eigenvalue weighted by Crippen LogP contribution is 2.45. The van der Waals surface area contributed by atoms with Gasteiger partial charge in [-0.1, -0.05) is 25.1 Å². The lowest BCUT2D eigenvalue weighted by Crippen LogP contribution is -2.48. The highest BCUT2D eigenvalue weighted by molar-refractivity contribution is 5.40. The van der Waals surface area contributed by atoms with Crippen molar-refractivity contribution in [3.8, 4) is 5.69 Å². The van der Waals surface area contributed by atoms with Gasteiger partial charge in [0.05, 0.1) is 11.2 Å². The molecule has 2 aromatic rings. The molecule has 0 spiro atoms. The van der Waals surface area contributed by atoms with E-state index in [1.807, 2.05) is 4.68 Å². The van der Waals surface area contributed by atoms with E-state index >= 15 is 0 Å². The Morgan fingerprint density at radius 2 is 1.79 bits per heavy atom. The summed E-state index contributed by atoms with van der Waals surface area (Å²) in [5.74, 6) is 1.86. The van der Waals surface area contributed by atoms with Gasteiger partial charge in [0, 0.05) is 0 Å². The fourth-order valence-corrected chi connectivity index (χ4v) is 4.51. The van der Waals surface area contributed by atoms with Gasteiger partial charge in [0.1, 0.15) is 0 Å². The second-order valence-electron chi connectivity index (χ2n) is 7.61. The summed E-state index contributed by atoms with van der Waals surface area (Å²) in [5.41, 5.74) is 2.33. The number of tetrazole rings is 1. The van der Waals surface area contributed by atoms with Crippen LogP contribution in [0, 0.1) is 12.8 Å². The van der Waals surface area contributed by atoms with Gasteiger partial charge in [-0.25, -0.2) is 0 Å². The lowest BCUT2D eigenvalue weighted by Gasteiger charge is -2.45. The van der Waals surface area contributed by atoms with E-state index in [9.17, 15) is 0 Å². The Hall–Kier alpha value is -1.75. The molecule has 24 heavy (non-hydrogen) atoms. The van der Waals surface area contributed by atoms with E-state index in [-0.39, 0.29) is 5.54 Å². The summed E-state index contributed by atoms with van der Waals surface area (Å²) in [6.45, 7) is 6.86. The Kier molecular flexibility index (Phi) is 4.12. The van der Waals surface area contributed by atoms with Crippen LogP contribution in [0.2, 0.25) is 0 Å². The Balaban J connectivity index is 1.80. The molecule has 0 atom stereocenters. The van der Waals surface area contributed by atoms with Gasteiger partial charge in [-0.05, 0) is 86.5 Å². The molecule has 4 rings (SSSR count). The molecule has 1 aromatic carbocycles. The highest BCUT2D eigenvalue weighted by atomic mass is 15.6. The van der Waals surface area contributed by atoms with Gasteiger partial charge in [0.2, 0.25) is 0 Å². The maximum absolute atomic E-state index is 4.56. The number of rotatable bonds is 3. The molecule has 2 heterocycles. The third kappa shape index (κ3) is 2.55. The standard InChI is InChI=1S/C19H27N5/c1-15-9-11-19(12-10-15,23-13-5-6-14-23)18-20-21-22-24(18)17-8-4-3-7-16(17)2/h3-4,7-8,15H,5-6,9-14H2,1-2H3. The minimum absolute atomic E-state index is 0.00872. The summed E-state index contributed by atoms with van der Waals surface area (Å²) in [7, 11) is 0. The van der Waals surface area contributed by atoms with Crippen molar-refractivity contribution in [3.63, 3.8) is 0 Å². The zero-order chi connectivity index (χ0) is 16.6. The van der Waals surface area contributed by atoms with Crippen LogP contribution in [-0.4, -0.2) is 38.2 Å². The van der Waals surface area contributed by atoms with Gasteiger partial charge < -0.3 is 0 Å². The van der Waals surface area contributed by atoms with E-state index in [4.69, 9.17) is 0 Å². The van der Waals surface area contributed by atoms with Crippen LogP contribution in [0.5, 0.6) is 0 Å². The van der Waals surface area contributed by atoms with Gasteiger partial charge in [-0.15, -0.1) is 5.10 Å². The smallest absolute Gasteiger partial charge is 0.176 e. The average Bonchev–Trinajstić information content (AvgIpc) is 3.29. The first kappa shape index (κ1) is 15.8. The van der Waals surface area contributed by atoms with Crippen molar-refractivity contribution >= 4 is 0 Å². The number of likely N-dealkylation sites (tertiary alicyclic amines) is 1. The number of hydrogen-bond acceptors (Lipinski definition) is 4. The molecule has 0 radical (unpaired) electrons. The summed E-state index contributed by atoms with van der Waals surface area (Å²) < 4.78 is 2.00. The molecule has 128 valence electrons. The van der Waals surface area contributed by atoms with Crippen molar-refractivity contribution in [2.45, 2.75) is 57.9 Å². The van der Waals surface area contributed by atoms with E-state index in [2.05, 4.69) is 58.5 Å². The van der Waals surface area contributed by atoms with Crippen molar-refractivity contribution in [1.29, 1.82) is 0 Å². The molecule has 2 aliphatic rings. The first-order valence-electron chi connectivity index (χ1n) is 9.31. The summed E-state index contributed by atoms with van der Waals surface area (Å²) in [6, 6.07) is 8.39. The van der Waals surface area contributed by atoms with E-state index in [1.165, 1.54) is 57.2 Å². The van der Waals surface area contributed by atoms with Crippen molar-refractivity contribution in [2.75, 3.05) is 13.1 Å². The minimum atomic E-state index is 0.00872. The molecule has 0 bridgehead atoms. The maximum Gasteiger partial charge on any atom is 0.176 e. The Morgan fingerprint density at radius 1 is 1.08 bits per heavy atom. The molecule has 1 aliphatic carbocycles. The Bertz CT molecular complexity index is 693. The van der Waals surface area contributed by atoms with Crippen LogP contribution >= 0.6 is 0 Å². The fraction of sp³-hybridized carbons (Fsp3) is 0.632. The van der Waals surface area contributed by atoms with Gasteiger partial charge in [-0.2, -0.15) is 4.68 Å². The Labute approximate surface area is 144 Å². The second kappa shape index (κ2) is 6.28. The second-order valence-corrected chi connectivity index (χ2v) is 7.61. The normalized spacial score (nSPS) is 28.3. The molecule has 1 saturated heterocycles. The molecule has 5 nitrogen and oxygen atoms in total. The summed E-state index contributed by atoms with van der Waals surface area (Å²) in [4.78, 5) is 2.67. The van der Waals surface area contributed by atoms with Gasteiger partial charge in [0.25, 0.3) is 0 Å². The van der Waals surface area contributed by atoms with Crippen LogP contribution in [-0.2, 0) is 5.54 Å². The van der Waals surface area contributed by atoms with Crippen LogP contribution in [0.4, 0.5) is 0 Å². The maximum atomic E-state index is 4.56. The molecule has 5 heteroatoms. The Morgan fingerprint density at radius 3 is 2.50 bits per heavy atom.